The molecule has 0 amide bonds. The predicted octanol–water partition coefficient (Wildman–Crippen LogP) is 2.69. The average Bonchev–Trinajstić information content (AvgIpc) is 2.39. The summed E-state index contributed by atoms with van der Waals surface area (Å²) in [7, 11) is 0. The third kappa shape index (κ3) is 2.40. The lowest BCUT2D eigenvalue weighted by Gasteiger charge is -2.35. The Morgan fingerprint density at radius 3 is 2.69 bits per heavy atom. The zero-order valence-corrected chi connectivity index (χ0v) is 9.97. The van der Waals surface area contributed by atoms with E-state index < -0.39 is 0 Å². The molecule has 0 spiro atoms. The van der Waals surface area contributed by atoms with Crippen LogP contribution in [-0.4, -0.2) is 9.97 Å². The highest BCUT2D eigenvalue weighted by Gasteiger charge is 2.29. The molecule has 3 unspecified atom stereocenters. The SMILES string of the molecule is CCC1CCCCC1C(N)c1cncnc1. The van der Waals surface area contributed by atoms with Gasteiger partial charge in [-0.2, -0.15) is 0 Å². The summed E-state index contributed by atoms with van der Waals surface area (Å²) in [5, 5.41) is 0. The monoisotopic (exact) mass is 219 g/mol. The molecule has 3 atom stereocenters. The molecule has 0 radical (unpaired) electrons. The van der Waals surface area contributed by atoms with E-state index in [9.17, 15) is 0 Å². The number of hydrogen-bond donors (Lipinski definition) is 1. The topological polar surface area (TPSA) is 51.8 Å². The standard InChI is InChI=1S/C13H21N3/c1-2-10-5-3-4-6-12(10)13(14)11-7-15-9-16-8-11/h7-10,12-13H,2-6,14H2,1H3. The molecular formula is C13H21N3. The second-order valence-electron chi connectivity index (χ2n) is 4.81. The molecule has 1 aliphatic carbocycles. The Labute approximate surface area is 97.5 Å². The highest BCUT2D eigenvalue weighted by atomic mass is 14.8. The van der Waals surface area contributed by atoms with Gasteiger partial charge in [0.1, 0.15) is 6.33 Å². The number of hydrogen-bond acceptors (Lipinski definition) is 3. The van der Waals surface area contributed by atoms with Crippen molar-refractivity contribution in [1.82, 2.24) is 9.97 Å². The van der Waals surface area contributed by atoms with Crippen LogP contribution in [-0.2, 0) is 0 Å². The van der Waals surface area contributed by atoms with Crippen LogP contribution in [0.1, 0.15) is 50.6 Å². The maximum absolute atomic E-state index is 6.36. The molecule has 2 rings (SSSR count). The summed E-state index contributed by atoms with van der Waals surface area (Å²) in [6.45, 7) is 2.28. The Bertz CT molecular complexity index is 312. The van der Waals surface area contributed by atoms with E-state index in [0.717, 1.165) is 11.5 Å². The smallest absolute Gasteiger partial charge is 0.115 e. The van der Waals surface area contributed by atoms with E-state index in [4.69, 9.17) is 5.73 Å². The van der Waals surface area contributed by atoms with Gasteiger partial charge in [-0.25, -0.2) is 9.97 Å². The minimum Gasteiger partial charge on any atom is -0.324 e. The van der Waals surface area contributed by atoms with Crippen molar-refractivity contribution in [1.29, 1.82) is 0 Å². The first-order valence-corrected chi connectivity index (χ1v) is 6.33. The minimum atomic E-state index is 0.117. The number of nitrogens with two attached hydrogens (primary N) is 1. The van der Waals surface area contributed by atoms with Gasteiger partial charge in [-0.05, 0) is 18.3 Å². The Morgan fingerprint density at radius 1 is 1.31 bits per heavy atom. The number of nitrogens with zero attached hydrogens (tertiary/aromatic N) is 2. The largest absolute Gasteiger partial charge is 0.324 e. The maximum Gasteiger partial charge on any atom is 0.115 e. The van der Waals surface area contributed by atoms with E-state index in [1.165, 1.54) is 32.1 Å². The van der Waals surface area contributed by atoms with Crippen LogP contribution < -0.4 is 5.73 Å². The van der Waals surface area contributed by atoms with Gasteiger partial charge in [-0.1, -0.05) is 32.6 Å². The summed E-state index contributed by atoms with van der Waals surface area (Å²) in [4.78, 5) is 8.12. The van der Waals surface area contributed by atoms with E-state index >= 15 is 0 Å². The van der Waals surface area contributed by atoms with Gasteiger partial charge < -0.3 is 5.73 Å². The van der Waals surface area contributed by atoms with Crippen LogP contribution in [0.4, 0.5) is 0 Å². The molecule has 2 N–H and O–H groups in total. The molecule has 1 fully saturated rings. The van der Waals surface area contributed by atoms with Crippen LogP contribution in [0.25, 0.3) is 0 Å². The third-order valence-corrected chi connectivity index (χ3v) is 3.92. The Balaban J connectivity index is 2.10. The first kappa shape index (κ1) is 11.5. The summed E-state index contributed by atoms with van der Waals surface area (Å²) in [5.41, 5.74) is 7.45. The highest BCUT2D eigenvalue weighted by Crippen LogP contribution is 2.38. The van der Waals surface area contributed by atoms with Crippen molar-refractivity contribution >= 4 is 0 Å². The molecule has 3 nitrogen and oxygen atoms in total. The summed E-state index contributed by atoms with van der Waals surface area (Å²) in [5.74, 6) is 1.40. The van der Waals surface area contributed by atoms with Crippen LogP contribution in [0.2, 0.25) is 0 Å². The molecule has 1 aromatic heterocycles. The lowest BCUT2D eigenvalue weighted by molar-refractivity contribution is 0.196. The normalized spacial score (nSPS) is 27.6. The molecule has 16 heavy (non-hydrogen) atoms. The van der Waals surface area contributed by atoms with Crippen molar-refractivity contribution in [3.8, 4) is 0 Å². The highest BCUT2D eigenvalue weighted by molar-refractivity contribution is 5.10. The van der Waals surface area contributed by atoms with E-state index in [2.05, 4.69) is 16.9 Å². The molecule has 3 heteroatoms. The van der Waals surface area contributed by atoms with Gasteiger partial charge in [0.25, 0.3) is 0 Å². The van der Waals surface area contributed by atoms with Crippen molar-refractivity contribution in [2.75, 3.05) is 0 Å². The molecule has 1 aromatic rings. The molecule has 1 heterocycles. The van der Waals surface area contributed by atoms with E-state index in [1.807, 2.05) is 12.4 Å². The van der Waals surface area contributed by atoms with Crippen LogP contribution in [0.3, 0.4) is 0 Å². The first-order valence-electron chi connectivity index (χ1n) is 6.33. The minimum absolute atomic E-state index is 0.117. The van der Waals surface area contributed by atoms with Gasteiger partial charge in [0.2, 0.25) is 0 Å². The fourth-order valence-corrected chi connectivity index (χ4v) is 2.95. The number of aromatic nitrogens is 2. The lowest BCUT2D eigenvalue weighted by Crippen LogP contribution is -2.30. The zero-order chi connectivity index (χ0) is 11.4. The molecule has 0 saturated heterocycles. The molecule has 0 aromatic carbocycles. The molecule has 0 aliphatic heterocycles. The predicted molar refractivity (Wildman–Crippen MR) is 64.7 cm³/mol. The van der Waals surface area contributed by atoms with Crippen molar-refractivity contribution in [3.05, 3.63) is 24.3 Å². The Kier molecular flexibility index (Phi) is 3.88. The molecule has 88 valence electrons. The zero-order valence-electron chi connectivity index (χ0n) is 9.97. The van der Waals surface area contributed by atoms with Crippen molar-refractivity contribution in [3.63, 3.8) is 0 Å². The van der Waals surface area contributed by atoms with Gasteiger partial charge in [-0.15, -0.1) is 0 Å². The molecule has 1 aliphatic rings. The summed E-state index contributed by atoms with van der Waals surface area (Å²) < 4.78 is 0. The van der Waals surface area contributed by atoms with Gasteiger partial charge in [-0.3, -0.25) is 0 Å². The van der Waals surface area contributed by atoms with Gasteiger partial charge in [0.15, 0.2) is 0 Å². The number of rotatable bonds is 3. The van der Waals surface area contributed by atoms with Gasteiger partial charge in [0, 0.05) is 24.0 Å². The Morgan fingerprint density at radius 2 is 2.00 bits per heavy atom. The summed E-state index contributed by atoms with van der Waals surface area (Å²) >= 11 is 0. The molecule has 0 bridgehead atoms. The van der Waals surface area contributed by atoms with Crippen LogP contribution in [0.15, 0.2) is 18.7 Å². The van der Waals surface area contributed by atoms with Crippen molar-refractivity contribution in [2.24, 2.45) is 17.6 Å². The molecule has 1 saturated carbocycles. The Hall–Kier alpha value is -0.960. The van der Waals surface area contributed by atoms with E-state index in [1.54, 1.807) is 6.33 Å². The summed E-state index contributed by atoms with van der Waals surface area (Å²) in [6.07, 6.45) is 11.8. The van der Waals surface area contributed by atoms with Crippen LogP contribution in [0.5, 0.6) is 0 Å². The summed E-state index contributed by atoms with van der Waals surface area (Å²) in [6, 6.07) is 0.117. The third-order valence-electron chi connectivity index (χ3n) is 3.92. The van der Waals surface area contributed by atoms with E-state index in [0.29, 0.717) is 5.92 Å². The average molecular weight is 219 g/mol. The fraction of sp³-hybridized carbons (Fsp3) is 0.692. The van der Waals surface area contributed by atoms with Gasteiger partial charge in [0.05, 0.1) is 0 Å². The second-order valence-corrected chi connectivity index (χ2v) is 4.81. The van der Waals surface area contributed by atoms with Crippen molar-refractivity contribution in [2.45, 2.75) is 45.1 Å². The maximum atomic E-state index is 6.36. The van der Waals surface area contributed by atoms with E-state index in [-0.39, 0.29) is 6.04 Å². The van der Waals surface area contributed by atoms with Crippen LogP contribution in [0, 0.1) is 11.8 Å². The van der Waals surface area contributed by atoms with Crippen LogP contribution >= 0.6 is 0 Å². The first-order chi connectivity index (χ1) is 7.83. The second kappa shape index (κ2) is 5.39. The lowest BCUT2D eigenvalue weighted by atomic mass is 9.73. The molecular weight excluding hydrogens is 198 g/mol. The van der Waals surface area contributed by atoms with Gasteiger partial charge >= 0.3 is 0 Å². The quantitative estimate of drug-likeness (QED) is 0.850. The fourth-order valence-electron chi connectivity index (χ4n) is 2.95. The van der Waals surface area contributed by atoms with Crippen molar-refractivity contribution < 1.29 is 0 Å².